The first-order chi connectivity index (χ1) is 13.5. The third-order valence-electron chi connectivity index (χ3n) is 3.95. The van der Waals surface area contributed by atoms with Crippen molar-refractivity contribution in [1.82, 2.24) is 10.3 Å². The maximum absolute atomic E-state index is 12.3. The van der Waals surface area contributed by atoms with E-state index < -0.39 is 12.0 Å². The Bertz CT molecular complexity index is 926. The Morgan fingerprint density at radius 3 is 2.86 bits per heavy atom. The third-order valence-corrected chi connectivity index (χ3v) is 4.70. The third kappa shape index (κ3) is 4.52. The number of nitrogens with zero attached hydrogens (tertiary/aromatic N) is 1. The van der Waals surface area contributed by atoms with Crippen LogP contribution in [0.1, 0.15) is 40.6 Å². The number of thiazole rings is 1. The van der Waals surface area contributed by atoms with Crippen molar-refractivity contribution in [3.8, 4) is 0 Å². The maximum atomic E-state index is 12.3. The van der Waals surface area contributed by atoms with Crippen LogP contribution in [0.15, 0.2) is 29.6 Å². The average Bonchev–Trinajstić information content (AvgIpc) is 3.09. The van der Waals surface area contributed by atoms with Crippen molar-refractivity contribution in [2.75, 3.05) is 17.2 Å². The molecule has 0 spiro atoms. The Morgan fingerprint density at radius 1 is 1.29 bits per heavy atom. The fourth-order valence-corrected chi connectivity index (χ4v) is 3.30. The molecule has 1 aliphatic heterocycles. The van der Waals surface area contributed by atoms with Gasteiger partial charge < -0.3 is 20.7 Å². The number of ether oxygens (including phenoxy) is 1. The van der Waals surface area contributed by atoms with Gasteiger partial charge >= 0.3 is 5.97 Å². The molecule has 1 atom stereocenters. The van der Waals surface area contributed by atoms with E-state index in [2.05, 4.69) is 20.9 Å². The van der Waals surface area contributed by atoms with Gasteiger partial charge in [-0.1, -0.05) is 12.1 Å². The highest BCUT2D eigenvalue weighted by molar-refractivity contribution is 7.14. The van der Waals surface area contributed by atoms with E-state index in [4.69, 9.17) is 4.74 Å². The molecule has 0 radical (unpaired) electrons. The fraction of sp³-hybridized carbons (Fsp3) is 0.278. The summed E-state index contributed by atoms with van der Waals surface area (Å²) < 4.78 is 4.84. The molecule has 0 fully saturated rings. The summed E-state index contributed by atoms with van der Waals surface area (Å²) in [4.78, 5) is 52.3. The van der Waals surface area contributed by atoms with E-state index in [1.54, 1.807) is 31.2 Å². The van der Waals surface area contributed by atoms with E-state index in [9.17, 15) is 19.2 Å². The molecular formula is C18H18N4O5S. The molecule has 3 N–H and O–H groups in total. The minimum Gasteiger partial charge on any atom is -0.461 e. The van der Waals surface area contributed by atoms with E-state index in [1.807, 2.05) is 0 Å². The lowest BCUT2D eigenvalue weighted by Crippen LogP contribution is -2.41. The van der Waals surface area contributed by atoms with Gasteiger partial charge in [0.25, 0.3) is 5.91 Å². The summed E-state index contributed by atoms with van der Waals surface area (Å²) in [5.74, 6) is -1.70. The van der Waals surface area contributed by atoms with Crippen LogP contribution < -0.4 is 16.0 Å². The smallest absolute Gasteiger partial charge is 0.357 e. The monoisotopic (exact) mass is 402 g/mol. The second-order valence-electron chi connectivity index (χ2n) is 5.91. The average molecular weight is 402 g/mol. The molecule has 146 valence electrons. The number of esters is 1. The second kappa shape index (κ2) is 8.61. The number of anilines is 2. The predicted molar refractivity (Wildman–Crippen MR) is 102 cm³/mol. The highest BCUT2D eigenvalue weighted by atomic mass is 32.1. The van der Waals surface area contributed by atoms with Gasteiger partial charge in [-0.3, -0.25) is 14.4 Å². The van der Waals surface area contributed by atoms with Gasteiger partial charge in [-0.15, -0.1) is 11.3 Å². The first kappa shape index (κ1) is 19.5. The lowest BCUT2D eigenvalue weighted by molar-refractivity contribution is -0.118. The quantitative estimate of drug-likeness (QED) is 0.633. The number of carbonyl (C=O) groups excluding carboxylic acids is 4. The van der Waals surface area contributed by atoms with Gasteiger partial charge in [0.1, 0.15) is 6.04 Å². The summed E-state index contributed by atoms with van der Waals surface area (Å²) in [6.45, 7) is 1.92. The number of hydrogen-bond acceptors (Lipinski definition) is 7. The number of nitrogens with one attached hydrogen (secondary N) is 3. The van der Waals surface area contributed by atoms with Crippen LogP contribution in [0.25, 0.3) is 0 Å². The van der Waals surface area contributed by atoms with Crippen LogP contribution in [-0.4, -0.2) is 41.3 Å². The largest absolute Gasteiger partial charge is 0.461 e. The number of amides is 3. The molecule has 1 aromatic heterocycles. The van der Waals surface area contributed by atoms with Gasteiger partial charge in [0.2, 0.25) is 11.8 Å². The summed E-state index contributed by atoms with van der Waals surface area (Å²) in [7, 11) is 0. The number of carbonyl (C=O) groups is 4. The summed E-state index contributed by atoms with van der Waals surface area (Å²) in [5.41, 5.74) is 0.929. The van der Waals surface area contributed by atoms with Crippen molar-refractivity contribution in [3.05, 3.63) is 40.9 Å². The first-order valence-corrected chi connectivity index (χ1v) is 9.49. The van der Waals surface area contributed by atoms with Crippen LogP contribution in [0.4, 0.5) is 10.8 Å². The Labute approximate surface area is 164 Å². The van der Waals surface area contributed by atoms with Crippen LogP contribution in [0.5, 0.6) is 0 Å². The Hall–Kier alpha value is -3.27. The summed E-state index contributed by atoms with van der Waals surface area (Å²) in [6.07, 6.45) is 0.108. The number of aromatic nitrogens is 1. The van der Waals surface area contributed by atoms with Crippen molar-refractivity contribution >= 4 is 45.8 Å². The minimum absolute atomic E-state index is 0.0109. The molecule has 2 heterocycles. The molecule has 1 aromatic carbocycles. The van der Waals surface area contributed by atoms with Crippen LogP contribution in [-0.2, 0) is 14.3 Å². The molecule has 10 heteroatoms. The highest BCUT2D eigenvalue weighted by Gasteiger charge is 2.28. The molecule has 1 aliphatic rings. The fourth-order valence-electron chi connectivity index (χ4n) is 2.60. The molecular weight excluding hydrogens is 384 g/mol. The highest BCUT2D eigenvalue weighted by Crippen LogP contribution is 2.20. The van der Waals surface area contributed by atoms with E-state index in [-0.39, 0.29) is 48.0 Å². The molecule has 0 unspecified atom stereocenters. The normalized spacial score (nSPS) is 15.7. The first-order valence-electron chi connectivity index (χ1n) is 8.61. The molecule has 0 bridgehead atoms. The Kier molecular flexibility index (Phi) is 5.99. The number of fused-ring (bicyclic) bond motifs is 1. The molecule has 2 aromatic rings. The Balaban J connectivity index is 1.55. The van der Waals surface area contributed by atoms with Gasteiger partial charge in [0, 0.05) is 11.8 Å². The molecule has 0 aliphatic carbocycles. The van der Waals surface area contributed by atoms with E-state index in [0.29, 0.717) is 11.3 Å². The van der Waals surface area contributed by atoms with Crippen molar-refractivity contribution in [2.24, 2.45) is 0 Å². The lowest BCUT2D eigenvalue weighted by atomic mass is 10.1. The topological polar surface area (TPSA) is 126 Å². The van der Waals surface area contributed by atoms with Crippen molar-refractivity contribution in [3.63, 3.8) is 0 Å². The van der Waals surface area contributed by atoms with Crippen LogP contribution in [0.3, 0.4) is 0 Å². The predicted octanol–water partition coefficient (Wildman–Crippen LogP) is 1.79. The van der Waals surface area contributed by atoms with Gasteiger partial charge in [-0.05, 0) is 25.5 Å². The van der Waals surface area contributed by atoms with Crippen LogP contribution >= 0.6 is 11.3 Å². The van der Waals surface area contributed by atoms with E-state index >= 15 is 0 Å². The zero-order chi connectivity index (χ0) is 20.1. The molecule has 3 amide bonds. The molecule has 0 saturated heterocycles. The standard InChI is InChI=1S/C18H18N4O5S/c1-2-27-17(26)13-9-28-18(21-13)22-14(23)8-7-12-16(25)19-11-6-4-3-5-10(11)15(24)20-12/h3-6,9,12H,2,7-8H2,1H3,(H,19,25)(H,20,24)(H,21,22,23)/t12-/m0/s1. The zero-order valence-electron chi connectivity index (χ0n) is 15.0. The number of para-hydroxylation sites is 1. The van der Waals surface area contributed by atoms with Gasteiger partial charge in [0.15, 0.2) is 10.8 Å². The van der Waals surface area contributed by atoms with Gasteiger partial charge in [0.05, 0.1) is 17.9 Å². The van der Waals surface area contributed by atoms with Crippen molar-refractivity contribution in [1.29, 1.82) is 0 Å². The maximum Gasteiger partial charge on any atom is 0.357 e. The molecule has 0 saturated carbocycles. The van der Waals surface area contributed by atoms with E-state index in [1.165, 1.54) is 5.38 Å². The van der Waals surface area contributed by atoms with E-state index in [0.717, 1.165) is 11.3 Å². The molecule has 28 heavy (non-hydrogen) atoms. The van der Waals surface area contributed by atoms with Crippen molar-refractivity contribution < 1.29 is 23.9 Å². The van der Waals surface area contributed by atoms with Crippen molar-refractivity contribution in [2.45, 2.75) is 25.8 Å². The summed E-state index contributed by atoms with van der Waals surface area (Å²) in [5, 5.41) is 9.64. The molecule has 3 rings (SSSR count). The minimum atomic E-state index is -0.836. The number of hydrogen-bond donors (Lipinski definition) is 3. The number of benzene rings is 1. The second-order valence-corrected chi connectivity index (χ2v) is 6.76. The SMILES string of the molecule is CCOC(=O)c1csc(NC(=O)CC[C@@H]2NC(=O)c3ccccc3NC2=O)n1. The summed E-state index contributed by atoms with van der Waals surface area (Å²) in [6, 6.07) is 5.85. The number of rotatable bonds is 6. The molecule has 9 nitrogen and oxygen atoms in total. The lowest BCUT2D eigenvalue weighted by Gasteiger charge is -2.13. The summed E-state index contributed by atoms with van der Waals surface area (Å²) >= 11 is 1.10. The van der Waals surface area contributed by atoms with Gasteiger partial charge in [-0.2, -0.15) is 0 Å². The zero-order valence-corrected chi connectivity index (χ0v) is 15.8. The van der Waals surface area contributed by atoms with Crippen LogP contribution in [0.2, 0.25) is 0 Å². The Morgan fingerprint density at radius 2 is 2.07 bits per heavy atom. The van der Waals surface area contributed by atoms with Gasteiger partial charge in [-0.25, -0.2) is 9.78 Å². The van der Waals surface area contributed by atoms with Crippen LogP contribution in [0, 0.1) is 0 Å².